The topological polar surface area (TPSA) is 101 Å². The maximum atomic E-state index is 11.9. The third-order valence-electron chi connectivity index (χ3n) is 3.96. The molecule has 0 aliphatic rings. The first kappa shape index (κ1) is 25.1. The van der Waals surface area contributed by atoms with E-state index < -0.39 is 18.0 Å². The van der Waals surface area contributed by atoms with Crippen molar-refractivity contribution in [3.05, 3.63) is 12.2 Å². The molecule has 0 bridgehead atoms. The molecule has 0 aromatic carbocycles. The van der Waals surface area contributed by atoms with Gasteiger partial charge in [0, 0.05) is 12.5 Å². The fraction of sp³-hybridized carbons (Fsp3) is 0.750. The smallest absolute Gasteiger partial charge is 0.327 e. The van der Waals surface area contributed by atoms with Gasteiger partial charge in [0.05, 0.1) is 27.6 Å². The molecule has 7 heteroatoms. The Balaban J connectivity index is 3.77. The maximum absolute atomic E-state index is 11.9. The van der Waals surface area contributed by atoms with Crippen molar-refractivity contribution in [3.8, 4) is 0 Å². The summed E-state index contributed by atoms with van der Waals surface area (Å²) >= 11 is 0. The monoisotopic (exact) mass is 386 g/mol. The van der Waals surface area contributed by atoms with Gasteiger partial charge in [-0.15, -0.1) is 0 Å². The van der Waals surface area contributed by atoms with E-state index >= 15 is 0 Å². The van der Waals surface area contributed by atoms with Crippen molar-refractivity contribution in [3.63, 3.8) is 0 Å². The Morgan fingerprint density at radius 3 is 2.00 bits per heavy atom. The van der Waals surface area contributed by atoms with Gasteiger partial charge in [-0.05, 0) is 19.3 Å². The highest BCUT2D eigenvalue weighted by molar-refractivity contribution is 5.79. The third kappa shape index (κ3) is 18.7. The molecule has 0 aliphatic heterocycles. The SMILES string of the molecule is C[N+](C)(C)CC(CC(=O)O)OC(=O)CCCCCCCCC/C=C/C(=O)O. The van der Waals surface area contributed by atoms with Gasteiger partial charge in [0.2, 0.25) is 0 Å². The average molecular weight is 387 g/mol. The summed E-state index contributed by atoms with van der Waals surface area (Å²) in [6, 6.07) is 0. The Labute approximate surface area is 162 Å². The minimum atomic E-state index is -0.959. The quantitative estimate of drug-likeness (QED) is 0.183. The largest absolute Gasteiger partial charge is 0.481 e. The molecule has 0 saturated carbocycles. The number of carbonyl (C=O) groups excluding carboxylic acids is 1. The van der Waals surface area contributed by atoms with Crippen molar-refractivity contribution >= 4 is 17.9 Å². The van der Waals surface area contributed by atoms with Crippen LogP contribution in [0.2, 0.25) is 0 Å². The van der Waals surface area contributed by atoms with Gasteiger partial charge in [-0.25, -0.2) is 4.79 Å². The number of ether oxygens (including phenoxy) is 1. The molecule has 0 aliphatic carbocycles. The second-order valence-corrected chi connectivity index (χ2v) is 7.94. The van der Waals surface area contributed by atoms with Crippen molar-refractivity contribution in [1.82, 2.24) is 0 Å². The second kappa shape index (κ2) is 14.2. The normalized spacial score (nSPS) is 12.9. The molecule has 1 atom stereocenters. The molecule has 2 N–H and O–H groups in total. The summed E-state index contributed by atoms with van der Waals surface area (Å²) in [5.41, 5.74) is 0. The van der Waals surface area contributed by atoms with E-state index in [1.54, 1.807) is 6.08 Å². The molecule has 0 fully saturated rings. The first-order valence-electron chi connectivity index (χ1n) is 9.71. The van der Waals surface area contributed by atoms with Crippen LogP contribution in [0.25, 0.3) is 0 Å². The van der Waals surface area contributed by atoms with E-state index in [4.69, 9.17) is 14.9 Å². The van der Waals surface area contributed by atoms with E-state index in [0.29, 0.717) is 17.4 Å². The molecule has 0 aromatic heterocycles. The number of hydrogen-bond acceptors (Lipinski definition) is 4. The number of esters is 1. The molecule has 0 spiro atoms. The summed E-state index contributed by atoms with van der Waals surface area (Å²) in [5.74, 6) is -2.18. The summed E-state index contributed by atoms with van der Waals surface area (Å²) in [6.07, 6.45) is 10.3. The highest BCUT2D eigenvalue weighted by Crippen LogP contribution is 2.12. The van der Waals surface area contributed by atoms with Crippen LogP contribution < -0.4 is 0 Å². The summed E-state index contributed by atoms with van der Waals surface area (Å²) in [5, 5.41) is 17.4. The molecule has 0 aromatic rings. The van der Waals surface area contributed by atoms with E-state index in [-0.39, 0.29) is 12.4 Å². The van der Waals surface area contributed by atoms with Crippen molar-refractivity contribution in [2.45, 2.75) is 70.3 Å². The number of carboxylic acid groups (broad SMARTS) is 2. The van der Waals surface area contributed by atoms with Gasteiger partial charge in [-0.3, -0.25) is 9.59 Å². The van der Waals surface area contributed by atoms with E-state index in [1.807, 2.05) is 21.1 Å². The molecule has 0 rings (SSSR count). The average Bonchev–Trinajstić information content (AvgIpc) is 2.49. The van der Waals surface area contributed by atoms with Crippen LogP contribution in [-0.2, 0) is 19.1 Å². The number of hydrogen-bond donors (Lipinski definition) is 2. The van der Waals surface area contributed by atoms with Crippen LogP contribution in [0.4, 0.5) is 0 Å². The first-order valence-corrected chi connectivity index (χ1v) is 9.71. The van der Waals surface area contributed by atoms with Crippen LogP contribution in [0.5, 0.6) is 0 Å². The van der Waals surface area contributed by atoms with Gasteiger partial charge >= 0.3 is 17.9 Å². The number of carbonyl (C=O) groups is 3. The number of unbranched alkanes of at least 4 members (excludes halogenated alkanes) is 7. The number of aliphatic carboxylic acids is 2. The predicted molar refractivity (Wildman–Crippen MR) is 103 cm³/mol. The Kier molecular flexibility index (Phi) is 13.2. The fourth-order valence-electron chi connectivity index (χ4n) is 2.79. The number of rotatable bonds is 16. The summed E-state index contributed by atoms with van der Waals surface area (Å²) < 4.78 is 5.89. The zero-order chi connectivity index (χ0) is 20.7. The summed E-state index contributed by atoms with van der Waals surface area (Å²) in [7, 11) is 5.81. The molecule has 0 heterocycles. The van der Waals surface area contributed by atoms with Gasteiger partial charge in [0.15, 0.2) is 6.10 Å². The molecule has 0 amide bonds. The molecule has 1 unspecified atom stereocenters. The Hall–Kier alpha value is -1.89. The molecule has 156 valence electrons. The van der Waals surface area contributed by atoms with Crippen LogP contribution in [0.1, 0.15) is 64.2 Å². The van der Waals surface area contributed by atoms with Crippen LogP contribution in [0.15, 0.2) is 12.2 Å². The number of carboxylic acids is 2. The van der Waals surface area contributed by atoms with Crippen molar-refractivity contribution in [2.75, 3.05) is 27.7 Å². The van der Waals surface area contributed by atoms with Gasteiger partial charge in [-0.2, -0.15) is 0 Å². The zero-order valence-corrected chi connectivity index (χ0v) is 17.0. The first-order chi connectivity index (χ1) is 12.6. The molecular weight excluding hydrogens is 350 g/mol. The van der Waals surface area contributed by atoms with E-state index in [9.17, 15) is 14.4 Å². The summed E-state index contributed by atoms with van der Waals surface area (Å²) in [4.78, 5) is 33.2. The lowest BCUT2D eigenvalue weighted by atomic mass is 10.1. The highest BCUT2D eigenvalue weighted by Gasteiger charge is 2.24. The Morgan fingerprint density at radius 2 is 1.48 bits per heavy atom. The lowest BCUT2D eigenvalue weighted by molar-refractivity contribution is -0.873. The van der Waals surface area contributed by atoms with Gasteiger partial charge in [-0.1, -0.05) is 38.2 Å². The van der Waals surface area contributed by atoms with Crippen LogP contribution in [0, 0.1) is 0 Å². The van der Waals surface area contributed by atoms with Gasteiger partial charge in [0.1, 0.15) is 6.54 Å². The number of allylic oxidation sites excluding steroid dienone is 1. The number of quaternary nitrogens is 1. The Morgan fingerprint density at radius 1 is 0.926 bits per heavy atom. The minimum absolute atomic E-state index is 0.164. The van der Waals surface area contributed by atoms with Crippen LogP contribution in [0.3, 0.4) is 0 Å². The summed E-state index contributed by atoms with van der Waals surface area (Å²) in [6.45, 7) is 0.472. The van der Waals surface area contributed by atoms with Crippen molar-refractivity contribution < 1.29 is 33.8 Å². The lowest BCUT2D eigenvalue weighted by Crippen LogP contribution is -2.43. The molecule has 0 saturated heterocycles. The predicted octanol–water partition coefficient (Wildman–Crippen LogP) is 3.23. The number of nitrogens with zero attached hydrogens (tertiary/aromatic N) is 1. The maximum Gasteiger partial charge on any atom is 0.327 e. The van der Waals surface area contributed by atoms with E-state index in [1.165, 1.54) is 6.08 Å². The molecular formula is C20H36NO6+. The minimum Gasteiger partial charge on any atom is -0.481 e. The zero-order valence-electron chi connectivity index (χ0n) is 17.0. The third-order valence-corrected chi connectivity index (χ3v) is 3.96. The van der Waals surface area contributed by atoms with Gasteiger partial charge < -0.3 is 19.4 Å². The molecule has 7 nitrogen and oxygen atoms in total. The van der Waals surface area contributed by atoms with Crippen LogP contribution in [-0.4, -0.2) is 66.4 Å². The van der Waals surface area contributed by atoms with E-state index in [0.717, 1.165) is 51.4 Å². The highest BCUT2D eigenvalue weighted by atomic mass is 16.5. The molecule has 0 radical (unpaired) electrons. The van der Waals surface area contributed by atoms with Crippen molar-refractivity contribution in [1.29, 1.82) is 0 Å². The van der Waals surface area contributed by atoms with Crippen molar-refractivity contribution in [2.24, 2.45) is 0 Å². The van der Waals surface area contributed by atoms with Crippen LogP contribution >= 0.6 is 0 Å². The van der Waals surface area contributed by atoms with Gasteiger partial charge in [0.25, 0.3) is 0 Å². The molecule has 27 heavy (non-hydrogen) atoms. The second-order valence-electron chi connectivity index (χ2n) is 7.94. The Bertz CT molecular complexity index is 481. The standard InChI is InChI=1S/C20H35NO6/c1-21(2,3)16-17(15-19(24)25)27-20(26)14-12-10-8-6-4-5-7-9-11-13-18(22)23/h11,13,17H,4-10,12,14-16H2,1-3H3,(H-,22,23,24,25)/p+1/b13-11+. The number of likely N-dealkylation sites (N-methyl/N-ethyl adjacent to an activating group) is 1. The fourth-order valence-corrected chi connectivity index (χ4v) is 2.79. The van der Waals surface area contributed by atoms with E-state index in [2.05, 4.69) is 0 Å². The lowest BCUT2D eigenvalue weighted by Gasteiger charge is -2.28.